The standard InChI is InChI=1S/C25H28N4O3/c1-4-32-23-13-18(9-11-20(23)25(30)31-3)21-14-22(17-7-5-6-8-17)29(28-21)24-12-10-19(15-26)16(2)27-24/h9-13,17,22H,4-8,14H2,1-3H3/t22-/m1/s1. The molecule has 1 aliphatic carbocycles. The Morgan fingerprint density at radius 2 is 2.03 bits per heavy atom. The van der Waals surface area contributed by atoms with Crippen molar-refractivity contribution in [1.82, 2.24) is 4.98 Å². The molecule has 2 heterocycles. The first-order valence-electron chi connectivity index (χ1n) is 11.2. The monoisotopic (exact) mass is 432 g/mol. The Kier molecular flexibility index (Phi) is 6.40. The summed E-state index contributed by atoms with van der Waals surface area (Å²) in [6, 6.07) is 11.6. The van der Waals surface area contributed by atoms with E-state index in [4.69, 9.17) is 14.6 Å². The zero-order valence-electron chi connectivity index (χ0n) is 18.8. The zero-order chi connectivity index (χ0) is 22.7. The lowest BCUT2D eigenvalue weighted by molar-refractivity contribution is 0.0596. The molecular formula is C25H28N4O3. The van der Waals surface area contributed by atoms with Gasteiger partial charge in [0.15, 0.2) is 0 Å². The van der Waals surface area contributed by atoms with Crippen molar-refractivity contribution < 1.29 is 14.3 Å². The van der Waals surface area contributed by atoms with E-state index in [0.717, 1.165) is 23.5 Å². The Bertz CT molecular complexity index is 1080. The Morgan fingerprint density at radius 1 is 1.25 bits per heavy atom. The van der Waals surface area contributed by atoms with Crippen molar-refractivity contribution in [2.75, 3.05) is 18.7 Å². The van der Waals surface area contributed by atoms with Crippen molar-refractivity contribution >= 4 is 17.5 Å². The number of rotatable bonds is 6. The fraction of sp³-hybridized carbons (Fsp3) is 0.440. The molecular weight excluding hydrogens is 404 g/mol. The summed E-state index contributed by atoms with van der Waals surface area (Å²) in [5.74, 6) is 1.40. The van der Waals surface area contributed by atoms with Crippen LogP contribution in [0, 0.1) is 24.2 Å². The first-order valence-corrected chi connectivity index (χ1v) is 11.2. The van der Waals surface area contributed by atoms with Gasteiger partial charge in [0.25, 0.3) is 0 Å². The number of esters is 1. The molecule has 2 aliphatic rings. The maximum absolute atomic E-state index is 12.1. The predicted octanol–water partition coefficient (Wildman–Crippen LogP) is 4.62. The summed E-state index contributed by atoms with van der Waals surface area (Å²) in [6.45, 7) is 4.19. The van der Waals surface area contributed by atoms with Gasteiger partial charge in [-0.15, -0.1) is 0 Å². The molecule has 1 aromatic carbocycles. The fourth-order valence-corrected chi connectivity index (χ4v) is 4.68. The van der Waals surface area contributed by atoms with Gasteiger partial charge in [-0.25, -0.2) is 14.8 Å². The minimum Gasteiger partial charge on any atom is -0.493 e. The maximum atomic E-state index is 12.1. The van der Waals surface area contributed by atoms with Gasteiger partial charge in [0.05, 0.1) is 36.7 Å². The highest BCUT2D eigenvalue weighted by atomic mass is 16.5. The van der Waals surface area contributed by atoms with Crippen molar-refractivity contribution in [3.05, 3.63) is 52.7 Å². The minimum absolute atomic E-state index is 0.225. The largest absolute Gasteiger partial charge is 0.493 e. The first-order chi connectivity index (χ1) is 15.5. The van der Waals surface area contributed by atoms with E-state index in [1.54, 1.807) is 6.07 Å². The van der Waals surface area contributed by atoms with E-state index in [1.807, 2.05) is 43.1 Å². The number of anilines is 1. The summed E-state index contributed by atoms with van der Waals surface area (Å²) >= 11 is 0. The van der Waals surface area contributed by atoms with Gasteiger partial charge >= 0.3 is 5.97 Å². The van der Waals surface area contributed by atoms with Gasteiger partial charge in [-0.1, -0.05) is 18.9 Å². The number of hydrogen-bond donors (Lipinski definition) is 0. The molecule has 1 aromatic heterocycles. The number of pyridine rings is 1. The molecule has 32 heavy (non-hydrogen) atoms. The number of nitrogens with zero attached hydrogens (tertiary/aromatic N) is 4. The van der Waals surface area contributed by atoms with Crippen LogP contribution in [0.4, 0.5) is 5.82 Å². The molecule has 7 heteroatoms. The number of ether oxygens (including phenoxy) is 2. The molecule has 1 atom stereocenters. The highest BCUT2D eigenvalue weighted by Gasteiger charge is 2.37. The molecule has 0 bridgehead atoms. The van der Waals surface area contributed by atoms with E-state index in [2.05, 4.69) is 11.1 Å². The summed E-state index contributed by atoms with van der Waals surface area (Å²) in [4.78, 5) is 16.8. The van der Waals surface area contributed by atoms with Crippen LogP contribution in [-0.4, -0.2) is 36.4 Å². The van der Waals surface area contributed by atoms with E-state index in [-0.39, 0.29) is 6.04 Å². The van der Waals surface area contributed by atoms with E-state index in [0.29, 0.717) is 35.1 Å². The van der Waals surface area contributed by atoms with Gasteiger partial charge in [-0.3, -0.25) is 0 Å². The van der Waals surface area contributed by atoms with Crippen molar-refractivity contribution in [1.29, 1.82) is 5.26 Å². The summed E-state index contributed by atoms with van der Waals surface area (Å²) in [7, 11) is 1.36. The van der Waals surface area contributed by atoms with Gasteiger partial charge < -0.3 is 9.47 Å². The van der Waals surface area contributed by atoms with Gasteiger partial charge in [-0.05, 0) is 56.9 Å². The second-order valence-electron chi connectivity index (χ2n) is 8.26. The fourth-order valence-electron chi connectivity index (χ4n) is 4.68. The molecule has 1 saturated carbocycles. The highest BCUT2D eigenvalue weighted by molar-refractivity contribution is 6.04. The average Bonchev–Trinajstić information content (AvgIpc) is 3.49. The SMILES string of the molecule is CCOc1cc(C2=NN(c3ccc(C#N)c(C)n3)[C@@H](C3CCCC3)C2)ccc1C(=O)OC. The van der Waals surface area contributed by atoms with E-state index < -0.39 is 5.97 Å². The van der Waals surface area contributed by atoms with Crippen molar-refractivity contribution in [2.24, 2.45) is 11.0 Å². The second-order valence-corrected chi connectivity index (χ2v) is 8.26. The molecule has 0 N–H and O–H groups in total. The third kappa shape index (κ3) is 4.18. The van der Waals surface area contributed by atoms with E-state index >= 15 is 0 Å². The Hall–Kier alpha value is -3.40. The summed E-state index contributed by atoms with van der Waals surface area (Å²) in [5.41, 5.74) is 3.57. The Balaban J connectivity index is 1.72. The predicted molar refractivity (Wildman–Crippen MR) is 122 cm³/mol. The topological polar surface area (TPSA) is 87.8 Å². The molecule has 1 aliphatic heterocycles. The number of hydrazone groups is 1. The summed E-state index contributed by atoms with van der Waals surface area (Å²) < 4.78 is 10.6. The minimum atomic E-state index is -0.420. The molecule has 0 unspecified atom stereocenters. The average molecular weight is 433 g/mol. The molecule has 0 amide bonds. The molecule has 0 spiro atoms. The number of benzene rings is 1. The van der Waals surface area contributed by atoms with Crippen LogP contribution in [0.3, 0.4) is 0 Å². The van der Waals surface area contributed by atoms with Gasteiger partial charge in [0, 0.05) is 12.0 Å². The third-order valence-electron chi connectivity index (χ3n) is 6.34. The first kappa shape index (κ1) is 21.8. The zero-order valence-corrected chi connectivity index (χ0v) is 18.8. The molecule has 1 fully saturated rings. The summed E-state index contributed by atoms with van der Waals surface area (Å²) in [6.07, 6.45) is 5.66. The van der Waals surface area contributed by atoms with Crippen LogP contribution in [0.25, 0.3) is 0 Å². The quantitative estimate of drug-likeness (QED) is 0.619. The van der Waals surface area contributed by atoms with E-state index in [1.165, 1.54) is 32.8 Å². The number of aromatic nitrogens is 1. The number of nitriles is 1. The number of aryl methyl sites for hydroxylation is 1. The van der Waals surface area contributed by atoms with Crippen LogP contribution in [0.15, 0.2) is 35.4 Å². The van der Waals surface area contributed by atoms with Crippen LogP contribution in [-0.2, 0) is 4.74 Å². The van der Waals surface area contributed by atoms with Crippen LogP contribution >= 0.6 is 0 Å². The van der Waals surface area contributed by atoms with Crippen LogP contribution < -0.4 is 9.75 Å². The molecule has 0 saturated heterocycles. The van der Waals surface area contributed by atoms with Gasteiger partial charge in [0.1, 0.15) is 23.2 Å². The van der Waals surface area contributed by atoms with Crippen molar-refractivity contribution in [3.63, 3.8) is 0 Å². The Morgan fingerprint density at radius 3 is 2.69 bits per heavy atom. The number of carbonyl (C=O) groups is 1. The number of carbonyl (C=O) groups excluding carboxylic acids is 1. The normalized spacial score (nSPS) is 18.4. The molecule has 4 rings (SSSR count). The molecule has 2 aromatic rings. The van der Waals surface area contributed by atoms with E-state index in [9.17, 15) is 10.1 Å². The highest BCUT2D eigenvalue weighted by Crippen LogP contribution is 2.38. The van der Waals surface area contributed by atoms with Crippen molar-refractivity contribution in [2.45, 2.75) is 52.0 Å². The smallest absolute Gasteiger partial charge is 0.341 e. The van der Waals surface area contributed by atoms with Gasteiger partial charge in [-0.2, -0.15) is 10.4 Å². The Labute approximate surface area is 188 Å². The molecule has 166 valence electrons. The van der Waals surface area contributed by atoms with Crippen LogP contribution in [0.5, 0.6) is 5.75 Å². The number of methoxy groups -OCH3 is 1. The lowest BCUT2D eigenvalue weighted by Gasteiger charge is -2.27. The molecule has 0 radical (unpaired) electrons. The van der Waals surface area contributed by atoms with Crippen LogP contribution in [0.1, 0.15) is 66.2 Å². The maximum Gasteiger partial charge on any atom is 0.341 e. The molecule has 7 nitrogen and oxygen atoms in total. The summed E-state index contributed by atoms with van der Waals surface area (Å²) in [5, 5.41) is 16.3. The third-order valence-corrected chi connectivity index (χ3v) is 6.34. The van der Waals surface area contributed by atoms with Crippen molar-refractivity contribution in [3.8, 4) is 11.8 Å². The second kappa shape index (κ2) is 9.39. The lowest BCUT2D eigenvalue weighted by Crippen LogP contribution is -2.33. The van der Waals surface area contributed by atoms with Gasteiger partial charge in [0.2, 0.25) is 0 Å². The lowest BCUT2D eigenvalue weighted by atomic mass is 9.92. The number of hydrogen-bond acceptors (Lipinski definition) is 7. The van der Waals surface area contributed by atoms with Crippen LogP contribution in [0.2, 0.25) is 0 Å².